The molecule has 0 rings (SSSR count). The van der Waals surface area contributed by atoms with E-state index in [0.717, 1.165) is 0 Å². The van der Waals surface area contributed by atoms with Crippen LogP contribution >= 0.6 is 0 Å². The van der Waals surface area contributed by atoms with Gasteiger partial charge in [0.1, 0.15) is 5.54 Å². The Balaban J connectivity index is 0. The molecule has 0 saturated carbocycles. The third-order valence-corrected chi connectivity index (χ3v) is 2.28. The van der Waals surface area contributed by atoms with Crippen LogP contribution in [0.15, 0.2) is 0 Å². The SMILES string of the molecule is CCC(CC)(NC(C)=O)C(=O)NC.O. The summed E-state index contributed by atoms with van der Waals surface area (Å²) in [6.45, 7) is 5.19. The van der Waals surface area contributed by atoms with Crippen LogP contribution in [-0.4, -0.2) is 29.9 Å². The first-order chi connectivity index (χ1) is 6.02. The molecule has 5 heteroatoms. The van der Waals surface area contributed by atoms with Crippen LogP contribution < -0.4 is 10.6 Å². The fraction of sp³-hybridized carbons (Fsp3) is 0.778. The highest BCUT2D eigenvalue weighted by Crippen LogP contribution is 2.14. The number of carbonyl (C=O) groups excluding carboxylic acids is 2. The first-order valence-corrected chi connectivity index (χ1v) is 4.53. The van der Waals surface area contributed by atoms with E-state index in [9.17, 15) is 9.59 Å². The Morgan fingerprint density at radius 3 is 1.86 bits per heavy atom. The molecular formula is C9H20N2O3. The van der Waals surface area contributed by atoms with Gasteiger partial charge in [0, 0.05) is 14.0 Å². The largest absolute Gasteiger partial charge is 0.412 e. The van der Waals surface area contributed by atoms with Gasteiger partial charge >= 0.3 is 0 Å². The molecule has 0 aromatic rings. The molecule has 2 amide bonds. The molecule has 84 valence electrons. The highest BCUT2D eigenvalue weighted by molar-refractivity contribution is 5.90. The fourth-order valence-electron chi connectivity index (χ4n) is 1.38. The predicted molar refractivity (Wildman–Crippen MR) is 54.8 cm³/mol. The molecule has 0 aromatic carbocycles. The minimum Gasteiger partial charge on any atom is -0.412 e. The number of amides is 2. The number of hydrogen-bond acceptors (Lipinski definition) is 2. The van der Waals surface area contributed by atoms with Crippen molar-refractivity contribution in [3.8, 4) is 0 Å². The van der Waals surface area contributed by atoms with E-state index < -0.39 is 5.54 Å². The van der Waals surface area contributed by atoms with Gasteiger partial charge in [-0.15, -0.1) is 0 Å². The highest BCUT2D eigenvalue weighted by atomic mass is 16.2. The summed E-state index contributed by atoms with van der Waals surface area (Å²) in [6.07, 6.45) is 1.20. The van der Waals surface area contributed by atoms with E-state index >= 15 is 0 Å². The van der Waals surface area contributed by atoms with Crippen molar-refractivity contribution in [2.24, 2.45) is 0 Å². The summed E-state index contributed by atoms with van der Waals surface area (Å²) in [5.74, 6) is -0.306. The van der Waals surface area contributed by atoms with E-state index in [1.807, 2.05) is 13.8 Å². The van der Waals surface area contributed by atoms with E-state index in [2.05, 4.69) is 10.6 Å². The lowest BCUT2D eigenvalue weighted by Crippen LogP contribution is -2.57. The average Bonchev–Trinajstić information content (AvgIpc) is 2.12. The molecule has 0 fully saturated rings. The molecule has 0 aliphatic heterocycles. The Hall–Kier alpha value is -1.10. The van der Waals surface area contributed by atoms with Crippen LogP contribution in [0.2, 0.25) is 0 Å². The number of nitrogens with one attached hydrogen (secondary N) is 2. The molecule has 4 N–H and O–H groups in total. The Morgan fingerprint density at radius 1 is 1.21 bits per heavy atom. The van der Waals surface area contributed by atoms with Gasteiger partial charge in [0.2, 0.25) is 11.8 Å². The lowest BCUT2D eigenvalue weighted by atomic mass is 9.91. The first-order valence-electron chi connectivity index (χ1n) is 4.53. The van der Waals surface area contributed by atoms with Crippen molar-refractivity contribution in [3.05, 3.63) is 0 Å². The summed E-state index contributed by atoms with van der Waals surface area (Å²) >= 11 is 0. The van der Waals surface area contributed by atoms with E-state index in [1.54, 1.807) is 7.05 Å². The lowest BCUT2D eigenvalue weighted by Gasteiger charge is -2.30. The number of hydrogen-bond donors (Lipinski definition) is 2. The van der Waals surface area contributed by atoms with E-state index in [-0.39, 0.29) is 17.3 Å². The molecular weight excluding hydrogens is 184 g/mol. The fourth-order valence-corrected chi connectivity index (χ4v) is 1.38. The van der Waals surface area contributed by atoms with Crippen LogP contribution in [0.25, 0.3) is 0 Å². The van der Waals surface area contributed by atoms with Gasteiger partial charge in [0.05, 0.1) is 0 Å². The van der Waals surface area contributed by atoms with Gasteiger partial charge in [-0.05, 0) is 12.8 Å². The second-order valence-corrected chi connectivity index (χ2v) is 3.05. The molecule has 0 aliphatic rings. The molecule has 0 radical (unpaired) electrons. The lowest BCUT2D eigenvalue weighted by molar-refractivity contribution is -0.132. The summed E-state index contributed by atoms with van der Waals surface area (Å²) in [7, 11) is 1.57. The summed E-state index contributed by atoms with van der Waals surface area (Å²) in [4.78, 5) is 22.4. The zero-order valence-corrected chi connectivity index (χ0v) is 9.23. The van der Waals surface area contributed by atoms with Crippen LogP contribution in [-0.2, 0) is 9.59 Å². The van der Waals surface area contributed by atoms with Gasteiger partial charge in [0.25, 0.3) is 0 Å². The third-order valence-electron chi connectivity index (χ3n) is 2.28. The maximum atomic E-state index is 11.5. The first kappa shape index (κ1) is 15.4. The molecule has 5 nitrogen and oxygen atoms in total. The van der Waals surface area contributed by atoms with Crippen molar-refractivity contribution in [1.82, 2.24) is 10.6 Å². The second kappa shape index (κ2) is 6.37. The van der Waals surface area contributed by atoms with Crippen LogP contribution in [0.4, 0.5) is 0 Å². The number of carbonyl (C=O) groups is 2. The summed E-state index contributed by atoms with van der Waals surface area (Å²) in [5.41, 5.74) is -0.736. The van der Waals surface area contributed by atoms with Gasteiger partial charge < -0.3 is 16.1 Å². The third kappa shape index (κ3) is 3.33. The van der Waals surface area contributed by atoms with Crippen LogP contribution in [0.1, 0.15) is 33.6 Å². The molecule has 0 heterocycles. The standard InChI is InChI=1S/C9H18N2O2.H2O/c1-5-9(6-2,8(13)10-4)11-7(3)12;/h5-6H2,1-4H3,(H,10,13)(H,11,12);1H2. The minimum absolute atomic E-state index is 0. The van der Waals surface area contributed by atoms with Crippen LogP contribution in [0.3, 0.4) is 0 Å². The van der Waals surface area contributed by atoms with Crippen LogP contribution in [0.5, 0.6) is 0 Å². The zero-order chi connectivity index (χ0) is 10.5. The van der Waals surface area contributed by atoms with E-state index in [0.29, 0.717) is 12.8 Å². The van der Waals surface area contributed by atoms with Crippen molar-refractivity contribution in [2.45, 2.75) is 39.2 Å². The topological polar surface area (TPSA) is 89.7 Å². The van der Waals surface area contributed by atoms with Gasteiger partial charge in [0.15, 0.2) is 0 Å². The Kier molecular flexibility index (Phi) is 6.99. The quantitative estimate of drug-likeness (QED) is 0.652. The normalized spacial score (nSPS) is 10.0. The molecule has 0 aromatic heterocycles. The molecule has 14 heavy (non-hydrogen) atoms. The van der Waals surface area contributed by atoms with Crippen molar-refractivity contribution in [1.29, 1.82) is 0 Å². The van der Waals surface area contributed by atoms with Gasteiger partial charge in [-0.25, -0.2) is 0 Å². The van der Waals surface area contributed by atoms with Crippen LogP contribution in [0, 0.1) is 0 Å². The predicted octanol–water partition coefficient (Wildman–Crippen LogP) is -0.397. The van der Waals surface area contributed by atoms with Crippen molar-refractivity contribution >= 4 is 11.8 Å². The smallest absolute Gasteiger partial charge is 0.245 e. The second-order valence-electron chi connectivity index (χ2n) is 3.05. The average molecular weight is 204 g/mol. The summed E-state index contributed by atoms with van der Waals surface area (Å²) < 4.78 is 0. The molecule has 0 unspecified atom stereocenters. The van der Waals surface area contributed by atoms with E-state index in [1.165, 1.54) is 6.92 Å². The Labute approximate surface area is 84.6 Å². The van der Waals surface area contributed by atoms with Crippen molar-refractivity contribution in [2.75, 3.05) is 7.05 Å². The van der Waals surface area contributed by atoms with Gasteiger partial charge in [-0.1, -0.05) is 13.8 Å². The Morgan fingerprint density at radius 2 is 1.64 bits per heavy atom. The molecule has 0 atom stereocenters. The van der Waals surface area contributed by atoms with Crippen molar-refractivity contribution < 1.29 is 15.1 Å². The van der Waals surface area contributed by atoms with E-state index in [4.69, 9.17) is 0 Å². The number of rotatable bonds is 4. The monoisotopic (exact) mass is 204 g/mol. The minimum atomic E-state index is -0.736. The molecule has 0 spiro atoms. The summed E-state index contributed by atoms with van der Waals surface area (Å²) in [5, 5.41) is 5.25. The highest BCUT2D eigenvalue weighted by Gasteiger charge is 2.34. The van der Waals surface area contributed by atoms with Crippen molar-refractivity contribution in [3.63, 3.8) is 0 Å². The summed E-state index contributed by atoms with van der Waals surface area (Å²) in [6, 6.07) is 0. The number of likely N-dealkylation sites (N-methyl/N-ethyl adjacent to an activating group) is 1. The molecule has 0 saturated heterocycles. The molecule has 0 aliphatic carbocycles. The Bertz CT molecular complexity index is 200. The van der Waals surface area contributed by atoms with Gasteiger partial charge in [-0.2, -0.15) is 0 Å². The molecule has 0 bridgehead atoms. The maximum Gasteiger partial charge on any atom is 0.245 e. The maximum absolute atomic E-state index is 11.5. The van der Waals surface area contributed by atoms with Gasteiger partial charge in [-0.3, -0.25) is 9.59 Å². The zero-order valence-electron chi connectivity index (χ0n) is 9.23.